The minimum Gasteiger partial charge on any atom is -0.494 e. The number of amides is 1. The lowest BCUT2D eigenvalue weighted by Gasteiger charge is -2.12. The monoisotopic (exact) mass is 405 g/mol. The van der Waals surface area contributed by atoms with Crippen LogP contribution in [0.5, 0.6) is 5.75 Å². The number of hydrogen-bond acceptors (Lipinski definition) is 5. The van der Waals surface area contributed by atoms with Gasteiger partial charge >= 0.3 is 0 Å². The molecule has 0 aliphatic heterocycles. The van der Waals surface area contributed by atoms with Crippen molar-refractivity contribution in [1.29, 1.82) is 0 Å². The summed E-state index contributed by atoms with van der Waals surface area (Å²) in [7, 11) is -3.48. The Kier molecular flexibility index (Phi) is 7.83. The SMILES string of the molecule is CC(C)NCCCOc1ccc(NC(=O)c2ccccc2NS(C)(=O)=O)cc1. The molecule has 0 atom stereocenters. The van der Waals surface area contributed by atoms with Gasteiger partial charge in [0.05, 0.1) is 24.1 Å². The van der Waals surface area contributed by atoms with Crippen LogP contribution < -0.4 is 20.1 Å². The molecule has 1 amide bonds. The van der Waals surface area contributed by atoms with Crippen molar-refractivity contribution in [1.82, 2.24) is 5.32 Å². The maximum absolute atomic E-state index is 12.5. The van der Waals surface area contributed by atoms with Crippen molar-refractivity contribution in [3.8, 4) is 5.75 Å². The summed E-state index contributed by atoms with van der Waals surface area (Å²) in [6, 6.07) is 13.9. The highest BCUT2D eigenvalue weighted by Crippen LogP contribution is 2.20. The molecular weight excluding hydrogens is 378 g/mol. The third-order valence-corrected chi connectivity index (χ3v) is 4.31. The first-order valence-electron chi connectivity index (χ1n) is 9.09. The van der Waals surface area contributed by atoms with Gasteiger partial charge in [-0.25, -0.2) is 8.42 Å². The Labute approximate surface area is 166 Å². The fraction of sp³-hybridized carbons (Fsp3) is 0.350. The van der Waals surface area contributed by atoms with Crippen LogP contribution >= 0.6 is 0 Å². The van der Waals surface area contributed by atoms with Crippen LogP contribution in [-0.2, 0) is 10.0 Å². The highest BCUT2D eigenvalue weighted by atomic mass is 32.2. The molecule has 2 aromatic rings. The summed E-state index contributed by atoms with van der Waals surface area (Å²) in [5.41, 5.74) is 1.07. The minimum atomic E-state index is -3.48. The van der Waals surface area contributed by atoms with E-state index >= 15 is 0 Å². The Bertz CT molecular complexity index is 881. The topological polar surface area (TPSA) is 96.5 Å². The first-order valence-corrected chi connectivity index (χ1v) is 11.0. The van der Waals surface area contributed by atoms with Crippen LogP contribution in [0.1, 0.15) is 30.6 Å². The van der Waals surface area contributed by atoms with Gasteiger partial charge in [0, 0.05) is 11.7 Å². The lowest BCUT2D eigenvalue weighted by Crippen LogP contribution is -2.24. The average Bonchev–Trinajstić information content (AvgIpc) is 2.61. The van der Waals surface area contributed by atoms with E-state index in [4.69, 9.17) is 4.74 Å². The van der Waals surface area contributed by atoms with E-state index in [9.17, 15) is 13.2 Å². The molecule has 2 aromatic carbocycles. The number of benzene rings is 2. The van der Waals surface area contributed by atoms with Crippen molar-refractivity contribution in [3.05, 3.63) is 54.1 Å². The van der Waals surface area contributed by atoms with Crippen molar-refractivity contribution >= 4 is 27.3 Å². The van der Waals surface area contributed by atoms with Crippen molar-refractivity contribution in [2.24, 2.45) is 0 Å². The summed E-state index contributed by atoms with van der Waals surface area (Å²) in [5, 5.41) is 6.09. The molecule has 0 unspecified atom stereocenters. The third kappa shape index (κ3) is 7.58. The molecule has 7 nitrogen and oxygen atoms in total. The molecule has 2 rings (SSSR count). The van der Waals surface area contributed by atoms with Crippen molar-refractivity contribution in [2.75, 3.05) is 29.4 Å². The Morgan fingerprint density at radius 3 is 2.39 bits per heavy atom. The summed E-state index contributed by atoms with van der Waals surface area (Å²) < 4.78 is 31.0. The zero-order chi connectivity index (χ0) is 20.6. The van der Waals surface area contributed by atoms with Gasteiger partial charge in [0.25, 0.3) is 5.91 Å². The van der Waals surface area contributed by atoms with Gasteiger partial charge < -0.3 is 15.4 Å². The second-order valence-corrected chi connectivity index (χ2v) is 8.46. The van der Waals surface area contributed by atoms with Gasteiger partial charge in [0.2, 0.25) is 10.0 Å². The first-order chi connectivity index (χ1) is 13.2. The second kappa shape index (κ2) is 10.1. The number of ether oxygens (including phenoxy) is 1. The normalized spacial score (nSPS) is 11.3. The van der Waals surface area contributed by atoms with Crippen LogP contribution in [0.4, 0.5) is 11.4 Å². The molecular formula is C20H27N3O4S. The smallest absolute Gasteiger partial charge is 0.257 e. The Balaban J connectivity index is 1.93. The molecule has 0 aromatic heterocycles. The number of para-hydroxylation sites is 1. The molecule has 0 saturated heterocycles. The molecule has 0 radical (unpaired) electrons. The number of rotatable bonds is 10. The Hall–Kier alpha value is -2.58. The molecule has 0 bridgehead atoms. The van der Waals surface area contributed by atoms with Gasteiger partial charge in [0.15, 0.2) is 0 Å². The van der Waals surface area contributed by atoms with E-state index in [0.717, 1.165) is 25.0 Å². The summed E-state index contributed by atoms with van der Waals surface area (Å²) in [5.74, 6) is 0.321. The van der Waals surface area contributed by atoms with E-state index in [1.165, 1.54) is 0 Å². The molecule has 0 heterocycles. The van der Waals surface area contributed by atoms with Gasteiger partial charge in [-0.3, -0.25) is 9.52 Å². The Morgan fingerprint density at radius 2 is 1.75 bits per heavy atom. The zero-order valence-corrected chi connectivity index (χ0v) is 17.2. The molecule has 8 heteroatoms. The maximum Gasteiger partial charge on any atom is 0.257 e. The number of carbonyl (C=O) groups is 1. The van der Waals surface area contributed by atoms with Crippen molar-refractivity contribution < 1.29 is 17.9 Å². The highest BCUT2D eigenvalue weighted by Gasteiger charge is 2.14. The predicted molar refractivity (Wildman–Crippen MR) is 113 cm³/mol. The molecule has 0 spiro atoms. The first kappa shape index (κ1) is 21.7. The van der Waals surface area contributed by atoms with Gasteiger partial charge in [-0.1, -0.05) is 26.0 Å². The van der Waals surface area contributed by atoms with Crippen LogP contribution in [0.15, 0.2) is 48.5 Å². The summed E-state index contributed by atoms with van der Waals surface area (Å²) in [4.78, 5) is 12.5. The quantitative estimate of drug-likeness (QED) is 0.528. The fourth-order valence-electron chi connectivity index (χ4n) is 2.46. The van der Waals surface area contributed by atoms with Crippen LogP contribution in [0.2, 0.25) is 0 Å². The molecule has 3 N–H and O–H groups in total. The standard InChI is InChI=1S/C20H27N3O4S/c1-15(2)21-13-6-14-27-17-11-9-16(10-12-17)22-20(24)18-7-4-5-8-19(18)23-28(3,25)26/h4-5,7-12,15,21,23H,6,13-14H2,1-3H3,(H,22,24). The molecule has 0 aliphatic rings. The largest absolute Gasteiger partial charge is 0.494 e. The summed E-state index contributed by atoms with van der Waals surface area (Å²) in [6.45, 7) is 5.70. The maximum atomic E-state index is 12.5. The van der Waals surface area contributed by atoms with Gasteiger partial charge in [-0.15, -0.1) is 0 Å². The molecule has 0 saturated carbocycles. The van der Waals surface area contributed by atoms with E-state index < -0.39 is 15.9 Å². The van der Waals surface area contributed by atoms with E-state index in [1.807, 2.05) is 0 Å². The number of nitrogens with one attached hydrogen (secondary N) is 3. The van der Waals surface area contributed by atoms with E-state index in [2.05, 4.69) is 29.2 Å². The number of anilines is 2. The fourth-order valence-corrected chi connectivity index (χ4v) is 3.03. The Morgan fingerprint density at radius 1 is 1.07 bits per heavy atom. The van der Waals surface area contributed by atoms with E-state index in [0.29, 0.717) is 18.3 Å². The lowest BCUT2D eigenvalue weighted by molar-refractivity contribution is 0.102. The van der Waals surface area contributed by atoms with Gasteiger partial charge in [-0.2, -0.15) is 0 Å². The van der Waals surface area contributed by atoms with Crippen LogP contribution in [0.3, 0.4) is 0 Å². The predicted octanol–water partition coefficient (Wildman–Crippen LogP) is 3.08. The zero-order valence-electron chi connectivity index (χ0n) is 16.4. The second-order valence-electron chi connectivity index (χ2n) is 6.71. The third-order valence-electron chi connectivity index (χ3n) is 3.72. The van der Waals surface area contributed by atoms with Crippen molar-refractivity contribution in [3.63, 3.8) is 0 Å². The van der Waals surface area contributed by atoms with Crippen LogP contribution in [-0.4, -0.2) is 39.8 Å². The lowest BCUT2D eigenvalue weighted by atomic mass is 10.1. The van der Waals surface area contributed by atoms with Crippen molar-refractivity contribution in [2.45, 2.75) is 26.3 Å². The number of sulfonamides is 1. The van der Waals surface area contributed by atoms with Crippen LogP contribution in [0, 0.1) is 0 Å². The number of hydrogen-bond donors (Lipinski definition) is 3. The van der Waals surface area contributed by atoms with Gasteiger partial charge in [0.1, 0.15) is 5.75 Å². The highest BCUT2D eigenvalue weighted by molar-refractivity contribution is 7.92. The number of carbonyl (C=O) groups excluding carboxylic acids is 1. The molecule has 0 fully saturated rings. The summed E-state index contributed by atoms with van der Waals surface area (Å²) in [6.07, 6.45) is 1.94. The minimum absolute atomic E-state index is 0.234. The molecule has 152 valence electrons. The molecule has 28 heavy (non-hydrogen) atoms. The van der Waals surface area contributed by atoms with E-state index in [-0.39, 0.29) is 11.3 Å². The summed E-state index contributed by atoms with van der Waals surface area (Å²) >= 11 is 0. The van der Waals surface area contributed by atoms with Crippen LogP contribution in [0.25, 0.3) is 0 Å². The molecule has 0 aliphatic carbocycles. The van der Waals surface area contributed by atoms with E-state index in [1.54, 1.807) is 48.5 Å². The average molecular weight is 406 g/mol. The van der Waals surface area contributed by atoms with Gasteiger partial charge in [-0.05, 0) is 49.4 Å².